The van der Waals surface area contributed by atoms with Crippen molar-refractivity contribution < 1.29 is 43.0 Å². The summed E-state index contributed by atoms with van der Waals surface area (Å²) in [5.41, 5.74) is -0.0102. The number of nitrogens with one attached hydrogen (secondary N) is 4. The maximum absolute atomic E-state index is 14.1. The number of allylic oxidation sites excluding steroid dienone is 3. The number of amides is 6. The summed E-state index contributed by atoms with van der Waals surface area (Å²) in [6, 6.07) is 4.22. The number of nitrogens with zero attached hydrogens (tertiary/aromatic N) is 2. The fraction of sp³-hybridized carbons (Fsp3) is 0.553. The Hall–Kier alpha value is -5.05. The number of ether oxygens (including phenoxy) is 2. The van der Waals surface area contributed by atoms with E-state index in [4.69, 9.17) is 9.47 Å². The van der Waals surface area contributed by atoms with Crippen LogP contribution >= 0.6 is 0 Å². The Labute approximate surface area is 310 Å². The van der Waals surface area contributed by atoms with Crippen molar-refractivity contribution in [3.63, 3.8) is 0 Å². The molecule has 15 nitrogen and oxygen atoms in total. The molecule has 1 aliphatic carbocycles. The van der Waals surface area contributed by atoms with Crippen molar-refractivity contribution in [1.29, 1.82) is 0 Å². The summed E-state index contributed by atoms with van der Waals surface area (Å²) in [6.45, 7) is 5.05. The Balaban J connectivity index is 1.40. The van der Waals surface area contributed by atoms with Gasteiger partial charge in [-0.3, -0.25) is 33.6 Å². The van der Waals surface area contributed by atoms with E-state index >= 15 is 0 Å². The highest BCUT2D eigenvalue weighted by Crippen LogP contribution is 2.28. The standard InChI is InChI=1S/C38H52N6O9/c1-38(2,3)33-37(51)44-17-16-28(53-19-10-9-18-52-26-15-11-12-24(20-26)21-29(46)42-33)32(44)35(49)39-22-27(45)34(48)40-23-30(47)41-31(36(50)43(4)5)25-13-7-6-8-14-25/h6-8,11-13,15,20,25,28,31-33H,9-10,14,16-19,21-23H2,1-5H3,(H,39,49)(H,40,48)(H,41,47)(H,42,46)/t25?,28-,31-,32-,33+/m0/s1. The molecule has 288 valence electrons. The van der Waals surface area contributed by atoms with E-state index in [-0.39, 0.29) is 37.3 Å². The van der Waals surface area contributed by atoms with Crippen molar-refractivity contribution in [1.82, 2.24) is 31.1 Å². The quantitative estimate of drug-likeness (QED) is 0.260. The third kappa shape index (κ3) is 11.5. The fourth-order valence-corrected chi connectivity index (χ4v) is 6.39. The lowest BCUT2D eigenvalue weighted by Gasteiger charge is -2.36. The summed E-state index contributed by atoms with van der Waals surface area (Å²) in [5, 5.41) is 10.2. The van der Waals surface area contributed by atoms with Gasteiger partial charge in [-0.2, -0.15) is 0 Å². The molecule has 0 saturated carbocycles. The number of Topliss-reactive ketones (excluding diaryl/α,β-unsaturated/α-hetero) is 1. The van der Waals surface area contributed by atoms with Crippen LogP contribution in [0.1, 0.15) is 52.0 Å². The predicted octanol–water partition coefficient (Wildman–Crippen LogP) is 0.426. The largest absolute Gasteiger partial charge is 0.494 e. The maximum Gasteiger partial charge on any atom is 0.289 e. The van der Waals surface area contributed by atoms with E-state index in [0.717, 1.165) is 5.56 Å². The predicted molar refractivity (Wildman–Crippen MR) is 194 cm³/mol. The third-order valence-corrected chi connectivity index (χ3v) is 9.27. The van der Waals surface area contributed by atoms with Crippen LogP contribution < -0.4 is 26.0 Å². The molecule has 1 aromatic rings. The molecule has 1 aromatic carbocycles. The zero-order valence-electron chi connectivity index (χ0n) is 31.1. The van der Waals surface area contributed by atoms with Gasteiger partial charge in [0.25, 0.3) is 5.91 Å². The van der Waals surface area contributed by atoms with E-state index in [2.05, 4.69) is 21.3 Å². The second-order valence-corrected chi connectivity index (χ2v) is 14.7. The van der Waals surface area contributed by atoms with Crippen molar-refractivity contribution in [2.24, 2.45) is 11.3 Å². The van der Waals surface area contributed by atoms with Gasteiger partial charge in [0.05, 0.1) is 32.2 Å². The van der Waals surface area contributed by atoms with Gasteiger partial charge in [-0.05, 0) is 48.8 Å². The highest BCUT2D eigenvalue weighted by molar-refractivity contribution is 6.37. The van der Waals surface area contributed by atoms with Crippen LogP contribution in [0.15, 0.2) is 48.6 Å². The molecular weight excluding hydrogens is 684 g/mol. The van der Waals surface area contributed by atoms with Crippen molar-refractivity contribution in [2.75, 3.05) is 46.9 Å². The van der Waals surface area contributed by atoms with Crippen LogP contribution in [0.2, 0.25) is 0 Å². The minimum Gasteiger partial charge on any atom is -0.494 e. The third-order valence-electron chi connectivity index (χ3n) is 9.27. The first kappa shape index (κ1) is 40.7. The smallest absolute Gasteiger partial charge is 0.289 e. The first-order chi connectivity index (χ1) is 25.1. The lowest BCUT2D eigenvalue weighted by Crippen LogP contribution is -2.59. The van der Waals surface area contributed by atoms with Crippen LogP contribution in [-0.2, 0) is 44.7 Å². The molecule has 6 amide bonds. The van der Waals surface area contributed by atoms with E-state index in [1.165, 1.54) is 9.80 Å². The van der Waals surface area contributed by atoms with Gasteiger partial charge in [-0.15, -0.1) is 0 Å². The molecule has 15 heteroatoms. The number of hydrogen-bond donors (Lipinski definition) is 4. The average Bonchev–Trinajstić information content (AvgIpc) is 3.55. The van der Waals surface area contributed by atoms with Gasteiger partial charge in [0.2, 0.25) is 35.3 Å². The normalized spacial score (nSPS) is 22.8. The summed E-state index contributed by atoms with van der Waals surface area (Å²) in [7, 11) is 3.15. The maximum atomic E-state index is 14.1. The molecule has 1 unspecified atom stereocenters. The Morgan fingerprint density at radius 1 is 1.02 bits per heavy atom. The second-order valence-electron chi connectivity index (χ2n) is 14.7. The van der Waals surface area contributed by atoms with Crippen molar-refractivity contribution in [3.8, 4) is 5.75 Å². The first-order valence-corrected chi connectivity index (χ1v) is 18.0. The number of benzene rings is 1. The number of fused-ring (bicyclic) bond motifs is 4. The van der Waals surface area contributed by atoms with Crippen LogP contribution in [0.5, 0.6) is 5.75 Å². The number of carbonyl (C=O) groups is 7. The van der Waals surface area contributed by atoms with Gasteiger partial charge < -0.3 is 40.5 Å². The molecule has 0 radical (unpaired) electrons. The Bertz CT molecular complexity index is 1600. The van der Waals surface area contributed by atoms with E-state index in [1.807, 2.05) is 51.1 Å². The average molecular weight is 737 g/mol. The Kier molecular flexibility index (Phi) is 14.3. The number of rotatable bonds is 9. The summed E-state index contributed by atoms with van der Waals surface area (Å²) in [4.78, 5) is 94.8. The molecule has 2 aliphatic heterocycles. The van der Waals surface area contributed by atoms with Gasteiger partial charge >= 0.3 is 0 Å². The molecule has 0 spiro atoms. The second kappa shape index (κ2) is 18.6. The van der Waals surface area contributed by atoms with E-state index in [0.29, 0.717) is 38.0 Å². The molecule has 53 heavy (non-hydrogen) atoms. The highest BCUT2D eigenvalue weighted by atomic mass is 16.5. The molecule has 4 N–H and O–H groups in total. The van der Waals surface area contributed by atoms with Gasteiger partial charge in [0.15, 0.2) is 0 Å². The highest BCUT2D eigenvalue weighted by Gasteiger charge is 2.47. The minimum atomic E-state index is -1.14. The summed E-state index contributed by atoms with van der Waals surface area (Å²) < 4.78 is 12.0. The topological polar surface area (TPSA) is 193 Å². The van der Waals surface area contributed by atoms with Crippen LogP contribution in [0.4, 0.5) is 0 Å². The van der Waals surface area contributed by atoms with Crippen molar-refractivity contribution >= 4 is 41.2 Å². The van der Waals surface area contributed by atoms with Gasteiger partial charge in [-0.1, -0.05) is 57.2 Å². The number of carbonyl (C=O) groups excluding carboxylic acids is 7. The fourth-order valence-electron chi connectivity index (χ4n) is 6.39. The molecular formula is C38H52N6O9. The molecule has 3 aliphatic rings. The lowest BCUT2D eigenvalue weighted by molar-refractivity contribution is -0.146. The van der Waals surface area contributed by atoms with E-state index in [1.54, 1.807) is 32.3 Å². The molecule has 1 fully saturated rings. The van der Waals surface area contributed by atoms with E-state index < -0.39 is 72.1 Å². The van der Waals surface area contributed by atoms with Crippen molar-refractivity contribution in [2.45, 2.75) is 77.1 Å². The molecule has 4 bridgehead atoms. The molecule has 0 aromatic heterocycles. The molecule has 1 saturated heterocycles. The number of ketones is 1. The zero-order valence-corrected chi connectivity index (χ0v) is 31.1. The first-order valence-electron chi connectivity index (χ1n) is 18.0. The molecule has 5 atom stereocenters. The van der Waals surface area contributed by atoms with Crippen molar-refractivity contribution in [3.05, 3.63) is 54.1 Å². The van der Waals surface area contributed by atoms with Gasteiger partial charge in [0.1, 0.15) is 23.9 Å². The number of likely N-dealkylation sites (N-methyl/N-ethyl adjacent to an activating group) is 1. The van der Waals surface area contributed by atoms with Crippen LogP contribution in [-0.4, -0.2) is 122 Å². The summed E-state index contributed by atoms with van der Waals surface area (Å²) in [5.74, 6) is -4.31. The van der Waals surface area contributed by atoms with Crippen LogP contribution in [0.25, 0.3) is 0 Å². The molecule has 2 heterocycles. The lowest BCUT2D eigenvalue weighted by atomic mass is 9.85. The van der Waals surface area contributed by atoms with Gasteiger partial charge in [0, 0.05) is 33.2 Å². The SMILES string of the molecule is CN(C)C(=O)[C@@H](NC(=O)CNC(=O)C(=O)CNC(=O)[C@@H]1[C@@H]2CCN1C(=O)[C@H](C(C)(C)C)NC(=O)Cc1cccc(c1)OCCCCO2)C1C=CC=CC1. The molecule has 4 rings (SSSR count). The summed E-state index contributed by atoms with van der Waals surface area (Å²) in [6.07, 6.45) is 8.80. The number of hydrogen-bond acceptors (Lipinski definition) is 9. The monoisotopic (exact) mass is 736 g/mol. The Morgan fingerprint density at radius 2 is 1.77 bits per heavy atom. The van der Waals surface area contributed by atoms with Gasteiger partial charge in [-0.25, -0.2) is 0 Å². The Morgan fingerprint density at radius 3 is 2.47 bits per heavy atom. The van der Waals surface area contributed by atoms with Crippen LogP contribution in [0.3, 0.4) is 0 Å². The summed E-state index contributed by atoms with van der Waals surface area (Å²) >= 11 is 0. The minimum absolute atomic E-state index is 0.0167. The van der Waals surface area contributed by atoms with Crippen LogP contribution in [0, 0.1) is 11.3 Å². The van der Waals surface area contributed by atoms with E-state index in [9.17, 15) is 33.6 Å². The zero-order chi connectivity index (χ0) is 38.7.